The highest BCUT2D eigenvalue weighted by molar-refractivity contribution is 5.98. The highest BCUT2D eigenvalue weighted by Gasteiger charge is 2.44. The molecule has 4 heterocycles. The molecule has 1 amide bonds. The Morgan fingerprint density at radius 3 is 2.64 bits per heavy atom. The van der Waals surface area contributed by atoms with Crippen LogP contribution in [0.2, 0.25) is 0 Å². The normalized spacial score (nSPS) is 20.2. The molecular formula is C29H28N6O. The minimum absolute atomic E-state index is 0.318. The number of amides is 1. The lowest BCUT2D eigenvalue weighted by Gasteiger charge is -2.24. The predicted octanol–water partition coefficient (Wildman–Crippen LogP) is 4.57. The Balaban J connectivity index is 1.53. The number of nitrogens with two attached hydrogens (primary N) is 1. The summed E-state index contributed by atoms with van der Waals surface area (Å²) in [4.78, 5) is 28.6. The van der Waals surface area contributed by atoms with E-state index >= 15 is 0 Å². The SMILES string of the molecule is [2H]C([2H])([2H])N1C(=O)c2cccc(C#C)c2[C@H]2C[C@@H]1c1nc3ccc(-c4cnc(C(N)(CC)CC)nc4)cc3n12. The van der Waals surface area contributed by atoms with Crippen molar-refractivity contribution in [3.63, 3.8) is 0 Å². The van der Waals surface area contributed by atoms with Crippen LogP contribution in [0.15, 0.2) is 48.8 Å². The van der Waals surface area contributed by atoms with E-state index in [2.05, 4.69) is 15.9 Å². The molecule has 6 rings (SSSR count). The summed E-state index contributed by atoms with van der Waals surface area (Å²) in [6.45, 7) is 1.41. The number of carbonyl (C=O) groups is 1. The van der Waals surface area contributed by atoms with Crippen molar-refractivity contribution in [2.45, 2.75) is 50.7 Å². The van der Waals surface area contributed by atoms with E-state index < -0.39 is 24.5 Å². The number of aromatic nitrogens is 4. The third-order valence-electron chi connectivity index (χ3n) is 7.82. The summed E-state index contributed by atoms with van der Waals surface area (Å²) in [5.74, 6) is 3.30. The summed E-state index contributed by atoms with van der Waals surface area (Å²) in [7, 11) is 0. The van der Waals surface area contributed by atoms with E-state index in [1.165, 1.54) is 0 Å². The topological polar surface area (TPSA) is 89.9 Å². The first-order chi connectivity index (χ1) is 18.6. The van der Waals surface area contributed by atoms with Gasteiger partial charge in [-0.05, 0) is 42.7 Å². The molecular weight excluding hydrogens is 448 g/mol. The molecule has 2 aromatic heterocycles. The van der Waals surface area contributed by atoms with E-state index in [1.807, 2.05) is 36.6 Å². The van der Waals surface area contributed by atoms with Gasteiger partial charge in [-0.3, -0.25) is 4.79 Å². The fourth-order valence-electron chi connectivity index (χ4n) is 5.55. The maximum absolute atomic E-state index is 13.6. The summed E-state index contributed by atoms with van der Waals surface area (Å²) in [6, 6.07) is 9.94. The van der Waals surface area contributed by atoms with Gasteiger partial charge in [-0.1, -0.05) is 31.9 Å². The number of rotatable bonds is 4. The van der Waals surface area contributed by atoms with Gasteiger partial charge in [-0.25, -0.2) is 15.0 Å². The third kappa shape index (κ3) is 3.04. The fraction of sp³-hybridized carbons (Fsp3) is 0.310. The molecule has 2 aliphatic heterocycles. The van der Waals surface area contributed by atoms with Crippen molar-refractivity contribution in [2.75, 3.05) is 6.98 Å². The Kier molecular flexibility index (Phi) is 4.27. The van der Waals surface area contributed by atoms with Gasteiger partial charge in [0.05, 0.1) is 28.7 Å². The van der Waals surface area contributed by atoms with Crippen molar-refractivity contribution in [2.24, 2.45) is 5.73 Å². The number of hydrogen-bond acceptors (Lipinski definition) is 5. The van der Waals surface area contributed by atoms with Gasteiger partial charge >= 0.3 is 0 Å². The number of imidazole rings is 1. The van der Waals surface area contributed by atoms with Gasteiger partial charge in [0.25, 0.3) is 5.91 Å². The Bertz CT molecular complexity index is 1660. The summed E-state index contributed by atoms with van der Waals surface area (Å²) in [5, 5.41) is 0. The molecule has 2 atom stereocenters. The predicted molar refractivity (Wildman–Crippen MR) is 139 cm³/mol. The lowest BCUT2D eigenvalue weighted by molar-refractivity contribution is 0.0734. The molecule has 2 N–H and O–H groups in total. The average molecular weight is 480 g/mol. The number of hydrogen-bond donors (Lipinski definition) is 1. The van der Waals surface area contributed by atoms with Crippen LogP contribution in [-0.2, 0) is 5.54 Å². The van der Waals surface area contributed by atoms with Crippen LogP contribution in [0.3, 0.4) is 0 Å². The summed E-state index contributed by atoms with van der Waals surface area (Å²) in [6.07, 6.45) is 11.3. The monoisotopic (exact) mass is 479 g/mol. The Hall–Kier alpha value is -4.02. The van der Waals surface area contributed by atoms with Crippen molar-refractivity contribution in [3.05, 3.63) is 77.1 Å². The average Bonchev–Trinajstić information content (AvgIpc) is 3.44. The summed E-state index contributed by atoms with van der Waals surface area (Å²) in [5.41, 5.74) is 10.7. The molecule has 0 aliphatic carbocycles. The smallest absolute Gasteiger partial charge is 0.254 e. The molecule has 0 spiro atoms. The maximum Gasteiger partial charge on any atom is 0.254 e. The lowest BCUT2D eigenvalue weighted by atomic mass is 9.93. The van der Waals surface area contributed by atoms with Crippen LogP contribution in [0.1, 0.15) is 82.4 Å². The Labute approximate surface area is 214 Å². The van der Waals surface area contributed by atoms with Crippen molar-refractivity contribution >= 4 is 16.9 Å². The molecule has 7 heteroatoms. The van der Waals surface area contributed by atoms with E-state index in [-0.39, 0.29) is 6.04 Å². The largest absolute Gasteiger partial charge is 0.331 e. The number of benzene rings is 2. The molecule has 0 saturated heterocycles. The molecule has 7 nitrogen and oxygen atoms in total. The van der Waals surface area contributed by atoms with Gasteiger partial charge in [0, 0.05) is 52.2 Å². The molecule has 2 aliphatic rings. The molecule has 4 aromatic rings. The van der Waals surface area contributed by atoms with Crippen molar-refractivity contribution in [3.8, 4) is 23.5 Å². The minimum atomic E-state index is -2.65. The zero-order chi connectivity index (χ0) is 27.7. The molecule has 0 saturated carbocycles. The lowest BCUT2D eigenvalue weighted by Crippen LogP contribution is -2.37. The zero-order valence-electron chi connectivity index (χ0n) is 23.2. The first kappa shape index (κ1) is 19.2. The number of fused-ring (bicyclic) bond motifs is 9. The second-order valence-electron chi connectivity index (χ2n) is 9.56. The van der Waals surface area contributed by atoms with Gasteiger partial charge in [-0.2, -0.15) is 0 Å². The Morgan fingerprint density at radius 1 is 1.17 bits per heavy atom. The van der Waals surface area contributed by atoms with Crippen LogP contribution in [0.4, 0.5) is 0 Å². The van der Waals surface area contributed by atoms with Crippen LogP contribution in [0, 0.1) is 12.3 Å². The molecule has 0 unspecified atom stereocenters. The minimum Gasteiger partial charge on any atom is -0.331 e. The quantitative estimate of drug-likeness (QED) is 0.433. The van der Waals surface area contributed by atoms with Gasteiger partial charge in [-0.15, -0.1) is 6.42 Å². The third-order valence-corrected chi connectivity index (χ3v) is 7.82. The van der Waals surface area contributed by atoms with Crippen LogP contribution < -0.4 is 5.73 Å². The first-order valence-electron chi connectivity index (χ1n) is 13.7. The standard InChI is InChI=1S/C29H28N6O/c1-5-17-9-8-10-20-25(17)23-14-24(34(4)27(20)36)26-33-21-12-11-18(13-22(21)35(23)26)19-15-31-28(32-16-19)29(30,6-2)7-3/h1,8-13,15-16,23-24H,6-7,14,30H2,2-4H3/t23-,24-/m1/s1/i4D3. The van der Waals surface area contributed by atoms with Crippen LogP contribution in [0.25, 0.3) is 22.2 Å². The van der Waals surface area contributed by atoms with E-state index in [1.54, 1.807) is 30.6 Å². The van der Waals surface area contributed by atoms with Gasteiger partial charge in [0.15, 0.2) is 0 Å². The molecule has 2 aromatic carbocycles. The van der Waals surface area contributed by atoms with Gasteiger partial charge in [0.2, 0.25) is 0 Å². The number of carbonyl (C=O) groups excluding carboxylic acids is 1. The zero-order valence-corrected chi connectivity index (χ0v) is 20.2. The Morgan fingerprint density at radius 2 is 1.94 bits per heavy atom. The molecule has 0 radical (unpaired) electrons. The number of terminal acetylenes is 1. The molecule has 180 valence electrons. The second-order valence-corrected chi connectivity index (χ2v) is 9.56. The maximum atomic E-state index is 13.6. The molecule has 0 fully saturated rings. The highest BCUT2D eigenvalue weighted by Crippen LogP contribution is 2.48. The highest BCUT2D eigenvalue weighted by atomic mass is 16.2. The molecule has 36 heavy (non-hydrogen) atoms. The summed E-state index contributed by atoms with van der Waals surface area (Å²) >= 11 is 0. The first-order valence-corrected chi connectivity index (χ1v) is 12.2. The van der Waals surface area contributed by atoms with E-state index in [9.17, 15) is 4.79 Å². The van der Waals surface area contributed by atoms with Gasteiger partial charge < -0.3 is 15.2 Å². The van der Waals surface area contributed by atoms with E-state index in [4.69, 9.17) is 21.3 Å². The van der Waals surface area contributed by atoms with Crippen LogP contribution in [-0.4, -0.2) is 37.3 Å². The van der Waals surface area contributed by atoms with Crippen molar-refractivity contribution < 1.29 is 8.91 Å². The second kappa shape index (κ2) is 8.00. The van der Waals surface area contributed by atoms with Crippen molar-refractivity contribution in [1.29, 1.82) is 0 Å². The van der Waals surface area contributed by atoms with Crippen molar-refractivity contribution in [1.82, 2.24) is 24.4 Å². The van der Waals surface area contributed by atoms with Gasteiger partial charge in [0.1, 0.15) is 11.6 Å². The fourth-order valence-corrected chi connectivity index (χ4v) is 5.55. The molecule has 2 bridgehead atoms. The van der Waals surface area contributed by atoms with Crippen LogP contribution in [0.5, 0.6) is 0 Å². The summed E-state index contributed by atoms with van der Waals surface area (Å²) < 4.78 is 26.6. The van der Waals surface area contributed by atoms with E-state index in [0.717, 1.165) is 34.4 Å². The number of nitrogens with zero attached hydrogens (tertiary/aromatic N) is 5. The van der Waals surface area contributed by atoms with E-state index in [0.29, 0.717) is 40.3 Å². The van der Waals surface area contributed by atoms with Crippen LogP contribution >= 0.6 is 0 Å².